The Kier molecular flexibility index (Phi) is 9.31. The van der Waals surface area contributed by atoms with E-state index in [-0.39, 0.29) is 29.8 Å². The summed E-state index contributed by atoms with van der Waals surface area (Å²) in [5.41, 5.74) is 2.41. The van der Waals surface area contributed by atoms with Gasteiger partial charge in [0.2, 0.25) is 5.95 Å². The molecule has 1 heterocycles. The minimum absolute atomic E-state index is 0.00519. The number of nitrogens with zero attached hydrogens (tertiary/aromatic N) is 3. The maximum absolute atomic E-state index is 14.6. The quantitative estimate of drug-likeness (QED) is 0.314. The molecule has 1 saturated carbocycles. The third-order valence-electron chi connectivity index (χ3n) is 6.41. The lowest BCUT2D eigenvalue weighted by Crippen LogP contribution is -2.42. The average Bonchev–Trinajstić information content (AvgIpc) is 2.92. The first kappa shape index (κ1) is 27.1. The van der Waals surface area contributed by atoms with Gasteiger partial charge in [0.05, 0.1) is 12.8 Å². The molecule has 0 radical (unpaired) electrons. The molecule has 1 aliphatic carbocycles. The van der Waals surface area contributed by atoms with Crippen molar-refractivity contribution in [1.82, 2.24) is 15.3 Å². The Bertz CT molecular complexity index is 1190. The maximum atomic E-state index is 14.6. The number of halogens is 1. The number of amides is 1. The van der Waals surface area contributed by atoms with E-state index in [0.717, 1.165) is 42.6 Å². The first-order valence-corrected chi connectivity index (χ1v) is 12.8. The van der Waals surface area contributed by atoms with Gasteiger partial charge in [0.25, 0.3) is 5.91 Å². The molecule has 1 amide bonds. The maximum Gasteiger partial charge on any atom is 0.251 e. The first-order chi connectivity index (χ1) is 18.4. The van der Waals surface area contributed by atoms with Crippen LogP contribution in [0, 0.1) is 5.82 Å². The summed E-state index contributed by atoms with van der Waals surface area (Å²) in [6.07, 6.45) is 4.49. The van der Waals surface area contributed by atoms with Crippen LogP contribution in [0.25, 0.3) is 0 Å². The minimum atomic E-state index is -0.524. The van der Waals surface area contributed by atoms with Gasteiger partial charge in [-0.15, -0.1) is 0 Å². The molecule has 1 aromatic heterocycles. The molecule has 3 aromatic rings. The highest BCUT2D eigenvalue weighted by Gasteiger charge is 2.25. The molecule has 1 fully saturated rings. The Morgan fingerprint density at radius 1 is 1.05 bits per heavy atom. The molecule has 1 aliphatic rings. The van der Waals surface area contributed by atoms with Gasteiger partial charge in [-0.2, -0.15) is 4.98 Å². The number of rotatable bonds is 11. The summed E-state index contributed by atoms with van der Waals surface area (Å²) in [7, 11) is 5.55. The molecule has 2 atom stereocenters. The van der Waals surface area contributed by atoms with E-state index < -0.39 is 5.82 Å². The third-order valence-corrected chi connectivity index (χ3v) is 6.41. The lowest BCUT2D eigenvalue weighted by Gasteiger charge is -2.30. The topological polar surface area (TPSA) is 101 Å². The molecule has 0 aliphatic heterocycles. The first-order valence-electron chi connectivity index (χ1n) is 12.8. The molecular weight excluding hydrogens is 487 g/mol. The minimum Gasteiger partial charge on any atom is -0.491 e. The van der Waals surface area contributed by atoms with E-state index in [1.165, 1.54) is 0 Å². The predicted octanol–water partition coefficient (Wildman–Crippen LogP) is 4.60. The molecule has 202 valence electrons. The zero-order valence-electron chi connectivity index (χ0n) is 22.0. The SMILES string of the molecule is COCCOc1ccc(Nc2ncc(F)c(NC3CCCC(NC(=O)c4ccc(N(C)C)cc4)C3)n2)cc1. The number of anilines is 4. The van der Waals surface area contributed by atoms with Gasteiger partial charge in [-0.3, -0.25) is 4.79 Å². The lowest BCUT2D eigenvalue weighted by molar-refractivity contribution is 0.0926. The van der Waals surface area contributed by atoms with Crippen molar-refractivity contribution in [2.75, 3.05) is 50.0 Å². The standard InChI is InChI=1S/C28H35FN6O3/c1-35(2)23-11-7-19(8-12-23)27(36)32-22-6-4-5-21(17-22)31-26-25(29)18-30-28(34-26)33-20-9-13-24(14-10-20)38-16-15-37-3/h7-14,18,21-22H,4-6,15-17H2,1-3H3,(H,32,36)(H2,30,31,33,34). The van der Waals surface area contributed by atoms with Gasteiger partial charge in [-0.25, -0.2) is 9.37 Å². The van der Waals surface area contributed by atoms with Crippen LogP contribution in [0.5, 0.6) is 5.75 Å². The fourth-order valence-electron chi connectivity index (χ4n) is 4.36. The summed E-state index contributed by atoms with van der Waals surface area (Å²) in [6.45, 7) is 0.979. The van der Waals surface area contributed by atoms with Gasteiger partial charge in [-0.05, 0) is 74.2 Å². The van der Waals surface area contributed by atoms with Crippen LogP contribution < -0.4 is 25.6 Å². The smallest absolute Gasteiger partial charge is 0.251 e. The molecular formula is C28H35FN6O3. The van der Waals surface area contributed by atoms with Crippen molar-refractivity contribution in [1.29, 1.82) is 0 Å². The van der Waals surface area contributed by atoms with Crippen LogP contribution in [0.4, 0.5) is 27.5 Å². The van der Waals surface area contributed by atoms with Crippen LogP contribution in [0.2, 0.25) is 0 Å². The highest BCUT2D eigenvalue weighted by molar-refractivity contribution is 5.94. The van der Waals surface area contributed by atoms with Crippen molar-refractivity contribution in [3.63, 3.8) is 0 Å². The molecule has 10 heteroatoms. The van der Waals surface area contributed by atoms with Crippen molar-refractivity contribution in [3.8, 4) is 5.75 Å². The predicted molar refractivity (Wildman–Crippen MR) is 147 cm³/mol. The van der Waals surface area contributed by atoms with E-state index in [1.54, 1.807) is 7.11 Å². The molecule has 0 bridgehead atoms. The number of nitrogens with one attached hydrogen (secondary N) is 3. The van der Waals surface area contributed by atoms with Gasteiger partial charge < -0.3 is 30.3 Å². The highest BCUT2D eigenvalue weighted by Crippen LogP contribution is 2.25. The van der Waals surface area contributed by atoms with Crippen molar-refractivity contribution < 1.29 is 18.7 Å². The van der Waals surface area contributed by atoms with E-state index >= 15 is 0 Å². The second-order valence-electron chi connectivity index (χ2n) is 9.50. The van der Waals surface area contributed by atoms with Crippen molar-refractivity contribution >= 4 is 29.0 Å². The van der Waals surface area contributed by atoms with E-state index in [2.05, 4.69) is 25.9 Å². The van der Waals surface area contributed by atoms with Crippen molar-refractivity contribution in [2.45, 2.75) is 37.8 Å². The zero-order valence-corrected chi connectivity index (χ0v) is 22.0. The van der Waals surface area contributed by atoms with Crippen LogP contribution in [-0.4, -0.2) is 62.4 Å². The number of benzene rings is 2. The number of aromatic nitrogens is 2. The molecule has 9 nitrogen and oxygen atoms in total. The number of hydrogen-bond acceptors (Lipinski definition) is 8. The normalized spacial score (nSPS) is 16.9. The molecule has 3 N–H and O–H groups in total. The summed E-state index contributed by atoms with van der Waals surface area (Å²) in [4.78, 5) is 23.2. The number of ether oxygens (including phenoxy) is 2. The zero-order chi connectivity index (χ0) is 26.9. The lowest BCUT2D eigenvalue weighted by atomic mass is 9.90. The van der Waals surface area contributed by atoms with Gasteiger partial charge >= 0.3 is 0 Å². The van der Waals surface area contributed by atoms with Crippen LogP contribution in [0.1, 0.15) is 36.0 Å². The van der Waals surface area contributed by atoms with Crippen LogP contribution >= 0.6 is 0 Å². The average molecular weight is 523 g/mol. The number of carbonyl (C=O) groups is 1. The molecule has 2 aromatic carbocycles. The monoisotopic (exact) mass is 522 g/mol. The summed E-state index contributed by atoms with van der Waals surface area (Å²) < 4.78 is 25.1. The fourth-order valence-corrected chi connectivity index (χ4v) is 4.36. The Morgan fingerprint density at radius 3 is 2.50 bits per heavy atom. The van der Waals surface area contributed by atoms with E-state index in [9.17, 15) is 9.18 Å². The molecule has 2 unspecified atom stereocenters. The Balaban J connectivity index is 1.33. The number of methoxy groups -OCH3 is 1. The summed E-state index contributed by atoms with van der Waals surface area (Å²) in [6, 6.07) is 14.8. The summed E-state index contributed by atoms with van der Waals surface area (Å²) in [5.74, 6) is 0.516. The second-order valence-corrected chi connectivity index (χ2v) is 9.50. The second kappa shape index (κ2) is 13.0. The van der Waals surface area contributed by atoms with Gasteiger partial charge in [0.15, 0.2) is 11.6 Å². The summed E-state index contributed by atoms with van der Waals surface area (Å²) >= 11 is 0. The molecule has 0 saturated heterocycles. The van der Waals surface area contributed by atoms with E-state index in [0.29, 0.717) is 25.2 Å². The fraction of sp³-hybridized carbons (Fsp3) is 0.393. The number of hydrogen-bond donors (Lipinski definition) is 3. The van der Waals surface area contributed by atoms with Gasteiger partial charge in [-0.1, -0.05) is 0 Å². The summed E-state index contributed by atoms with van der Waals surface area (Å²) in [5, 5.41) is 9.45. The number of carbonyl (C=O) groups excluding carboxylic acids is 1. The molecule has 4 rings (SSSR count). The largest absolute Gasteiger partial charge is 0.491 e. The van der Waals surface area contributed by atoms with Crippen molar-refractivity contribution in [3.05, 3.63) is 66.1 Å². The molecule has 0 spiro atoms. The van der Waals surface area contributed by atoms with Crippen LogP contribution in [-0.2, 0) is 4.74 Å². The molecule has 38 heavy (non-hydrogen) atoms. The van der Waals surface area contributed by atoms with Crippen molar-refractivity contribution in [2.24, 2.45) is 0 Å². The van der Waals surface area contributed by atoms with Crippen LogP contribution in [0.15, 0.2) is 54.7 Å². The Hall–Kier alpha value is -3.92. The Morgan fingerprint density at radius 2 is 1.79 bits per heavy atom. The third kappa shape index (κ3) is 7.55. The highest BCUT2D eigenvalue weighted by atomic mass is 19.1. The van der Waals surface area contributed by atoms with Gasteiger partial charge in [0.1, 0.15) is 12.4 Å². The van der Waals surface area contributed by atoms with E-state index in [1.807, 2.05) is 67.5 Å². The van der Waals surface area contributed by atoms with Crippen LogP contribution in [0.3, 0.4) is 0 Å². The van der Waals surface area contributed by atoms with E-state index in [4.69, 9.17) is 9.47 Å². The van der Waals surface area contributed by atoms with Gasteiger partial charge in [0, 0.05) is 50.2 Å². The Labute approximate surface area is 222 Å².